The number of rotatable bonds is 7. The summed E-state index contributed by atoms with van der Waals surface area (Å²) in [5.41, 5.74) is 0.999. The molecule has 1 atom stereocenters. The molecular formula is C19H29FN2O. The zero-order chi connectivity index (χ0) is 16.7. The lowest BCUT2D eigenvalue weighted by Gasteiger charge is -2.36. The zero-order valence-corrected chi connectivity index (χ0v) is 14.4. The summed E-state index contributed by atoms with van der Waals surface area (Å²) in [6.07, 6.45) is 4.21. The van der Waals surface area contributed by atoms with Crippen LogP contribution in [0.4, 0.5) is 4.39 Å². The molecule has 1 heterocycles. The number of carbonyl (C=O) groups is 1. The van der Waals surface area contributed by atoms with Crippen molar-refractivity contribution >= 4 is 5.91 Å². The van der Waals surface area contributed by atoms with Gasteiger partial charge >= 0.3 is 0 Å². The first-order valence-corrected chi connectivity index (χ1v) is 8.89. The number of benzene rings is 1. The van der Waals surface area contributed by atoms with Crippen LogP contribution in [0.15, 0.2) is 24.3 Å². The highest BCUT2D eigenvalue weighted by Gasteiger charge is 2.26. The summed E-state index contributed by atoms with van der Waals surface area (Å²) in [5, 5.41) is 0. The van der Waals surface area contributed by atoms with E-state index in [1.165, 1.54) is 6.07 Å². The summed E-state index contributed by atoms with van der Waals surface area (Å²) in [6.45, 7) is 8.35. The Morgan fingerprint density at radius 1 is 1.22 bits per heavy atom. The molecule has 3 nitrogen and oxygen atoms in total. The Morgan fingerprint density at radius 3 is 2.57 bits per heavy atom. The number of hydrogen-bond donors (Lipinski definition) is 0. The predicted molar refractivity (Wildman–Crippen MR) is 91.6 cm³/mol. The molecule has 1 fully saturated rings. The molecule has 1 aromatic carbocycles. The molecule has 0 bridgehead atoms. The fourth-order valence-corrected chi connectivity index (χ4v) is 3.23. The van der Waals surface area contributed by atoms with Gasteiger partial charge in [-0.1, -0.05) is 38.8 Å². The number of nitrogens with zero attached hydrogens (tertiary/aromatic N) is 2. The summed E-state index contributed by atoms with van der Waals surface area (Å²) in [5.74, 6) is 0.328. The molecular weight excluding hydrogens is 291 g/mol. The molecule has 23 heavy (non-hydrogen) atoms. The van der Waals surface area contributed by atoms with Crippen LogP contribution in [0.25, 0.3) is 0 Å². The van der Waals surface area contributed by atoms with Crippen molar-refractivity contribution in [3.63, 3.8) is 0 Å². The molecule has 1 aliphatic rings. The van der Waals surface area contributed by atoms with Crippen LogP contribution in [0.3, 0.4) is 0 Å². The molecule has 1 aliphatic heterocycles. The smallest absolute Gasteiger partial charge is 0.225 e. The Balaban J connectivity index is 1.82. The summed E-state index contributed by atoms with van der Waals surface area (Å²) in [4.78, 5) is 16.9. The first kappa shape index (κ1) is 17.9. The molecule has 0 aromatic heterocycles. The van der Waals surface area contributed by atoms with Crippen LogP contribution in [0.5, 0.6) is 0 Å². The molecule has 1 amide bonds. The van der Waals surface area contributed by atoms with E-state index in [0.29, 0.717) is 5.91 Å². The minimum absolute atomic E-state index is 0.182. The quantitative estimate of drug-likeness (QED) is 0.765. The van der Waals surface area contributed by atoms with Crippen LogP contribution >= 0.6 is 0 Å². The maximum atomic E-state index is 13.2. The van der Waals surface area contributed by atoms with Crippen LogP contribution in [-0.2, 0) is 11.3 Å². The highest BCUT2D eigenvalue weighted by Crippen LogP contribution is 2.18. The maximum Gasteiger partial charge on any atom is 0.225 e. The van der Waals surface area contributed by atoms with Gasteiger partial charge in [0.1, 0.15) is 5.82 Å². The lowest BCUT2D eigenvalue weighted by atomic mass is 9.97. The van der Waals surface area contributed by atoms with Crippen molar-refractivity contribution in [1.82, 2.24) is 9.80 Å². The molecule has 0 aliphatic carbocycles. The monoisotopic (exact) mass is 320 g/mol. The fraction of sp³-hybridized carbons (Fsp3) is 0.632. The van der Waals surface area contributed by atoms with Gasteiger partial charge in [-0.25, -0.2) is 4.39 Å². The number of piperazine rings is 1. The van der Waals surface area contributed by atoms with Crippen molar-refractivity contribution in [3.05, 3.63) is 35.6 Å². The molecule has 1 aromatic rings. The molecule has 0 spiro atoms. The molecule has 0 radical (unpaired) electrons. The van der Waals surface area contributed by atoms with E-state index in [1.807, 2.05) is 11.0 Å². The Labute approximate surface area is 139 Å². The van der Waals surface area contributed by atoms with Crippen LogP contribution in [-0.4, -0.2) is 41.9 Å². The van der Waals surface area contributed by atoms with Gasteiger partial charge in [-0.15, -0.1) is 0 Å². The zero-order valence-electron chi connectivity index (χ0n) is 14.4. The van der Waals surface area contributed by atoms with Crippen LogP contribution in [0.1, 0.15) is 45.1 Å². The third-order valence-corrected chi connectivity index (χ3v) is 4.73. The highest BCUT2D eigenvalue weighted by atomic mass is 19.1. The van der Waals surface area contributed by atoms with Crippen molar-refractivity contribution < 1.29 is 9.18 Å². The van der Waals surface area contributed by atoms with Gasteiger partial charge in [0, 0.05) is 38.6 Å². The molecule has 2 rings (SSSR count). The van der Waals surface area contributed by atoms with Gasteiger partial charge in [-0.05, 0) is 30.5 Å². The molecule has 0 unspecified atom stereocenters. The average molecular weight is 320 g/mol. The lowest BCUT2D eigenvalue weighted by Crippen LogP contribution is -2.49. The van der Waals surface area contributed by atoms with E-state index >= 15 is 0 Å². The number of halogens is 1. The third kappa shape index (κ3) is 5.31. The second-order valence-electron chi connectivity index (χ2n) is 6.48. The van der Waals surface area contributed by atoms with Crippen LogP contribution < -0.4 is 0 Å². The number of unbranched alkanes of at least 4 members (excludes halogenated alkanes) is 1. The van der Waals surface area contributed by atoms with Crippen LogP contribution in [0, 0.1) is 11.7 Å². The molecule has 1 saturated heterocycles. The predicted octanol–water partition coefficient (Wildman–Crippen LogP) is 3.69. The molecule has 4 heteroatoms. The number of amides is 1. The van der Waals surface area contributed by atoms with Crippen molar-refractivity contribution in [2.75, 3.05) is 26.2 Å². The topological polar surface area (TPSA) is 23.6 Å². The first-order valence-electron chi connectivity index (χ1n) is 8.89. The second kappa shape index (κ2) is 9.02. The van der Waals surface area contributed by atoms with E-state index in [4.69, 9.17) is 0 Å². The van der Waals surface area contributed by atoms with Crippen molar-refractivity contribution in [2.24, 2.45) is 5.92 Å². The average Bonchev–Trinajstić information content (AvgIpc) is 2.56. The van der Waals surface area contributed by atoms with E-state index in [9.17, 15) is 9.18 Å². The minimum Gasteiger partial charge on any atom is -0.340 e. The second-order valence-corrected chi connectivity index (χ2v) is 6.48. The van der Waals surface area contributed by atoms with Crippen molar-refractivity contribution in [1.29, 1.82) is 0 Å². The summed E-state index contributed by atoms with van der Waals surface area (Å²) < 4.78 is 13.2. The van der Waals surface area contributed by atoms with Gasteiger partial charge in [0.05, 0.1) is 0 Å². The molecule has 128 valence electrons. The Hall–Kier alpha value is -1.42. The van der Waals surface area contributed by atoms with E-state index < -0.39 is 0 Å². The molecule has 0 saturated carbocycles. The van der Waals surface area contributed by atoms with E-state index in [2.05, 4.69) is 18.7 Å². The fourth-order valence-electron chi connectivity index (χ4n) is 3.23. The maximum absolute atomic E-state index is 13.2. The van der Waals surface area contributed by atoms with Gasteiger partial charge in [0.15, 0.2) is 0 Å². The number of carbonyl (C=O) groups excluding carboxylic acids is 1. The number of hydrogen-bond acceptors (Lipinski definition) is 2. The van der Waals surface area contributed by atoms with Crippen molar-refractivity contribution in [3.8, 4) is 0 Å². The van der Waals surface area contributed by atoms with E-state index in [1.54, 1.807) is 12.1 Å². The largest absolute Gasteiger partial charge is 0.340 e. The summed E-state index contributed by atoms with van der Waals surface area (Å²) in [6, 6.07) is 6.78. The van der Waals surface area contributed by atoms with Gasteiger partial charge in [-0.3, -0.25) is 9.69 Å². The van der Waals surface area contributed by atoms with Crippen molar-refractivity contribution in [2.45, 2.75) is 46.1 Å². The van der Waals surface area contributed by atoms with E-state index in [0.717, 1.165) is 64.0 Å². The van der Waals surface area contributed by atoms with Gasteiger partial charge in [0.2, 0.25) is 5.91 Å². The van der Waals surface area contributed by atoms with Gasteiger partial charge < -0.3 is 4.90 Å². The highest BCUT2D eigenvalue weighted by molar-refractivity contribution is 5.78. The SMILES string of the molecule is CCCC[C@@H](CC)C(=O)N1CCN(Cc2cccc(F)c2)CC1. The van der Waals surface area contributed by atoms with Crippen LogP contribution in [0.2, 0.25) is 0 Å². The normalized spacial score (nSPS) is 17.3. The molecule has 0 N–H and O–H groups in total. The minimum atomic E-state index is -0.182. The van der Waals surface area contributed by atoms with E-state index in [-0.39, 0.29) is 11.7 Å². The Morgan fingerprint density at radius 2 is 1.96 bits per heavy atom. The standard InChI is InChI=1S/C19H29FN2O/c1-3-5-8-17(4-2)19(23)22-12-10-21(11-13-22)15-16-7-6-9-18(20)14-16/h6-7,9,14,17H,3-5,8,10-13,15H2,1-2H3/t17-/m1/s1. The Kier molecular flexibility index (Phi) is 7.03. The van der Waals surface area contributed by atoms with Gasteiger partial charge in [0.25, 0.3) is 0 Å². The summed E-state index contributed by atoms with van der Waals surface area (Å²) >= 11 is 0. The third-order valence-electron chi connectivity index (χ3n) is 4.73. The lowest BCUT2D eigenvalue weighted by molar-refractivity contribution is -0.137. The summed E-state index contributed by atoms with van der Waals surface area (Å²) in [7, 11) is 0. The first-order chi connectivity index (χ1) is 11.1. The van der Waals surface area contributed by atoms with Gasteiger partial charge in [-0.2, -0.15) is 0 Å². The Bertz CT molecular complexity index is 498.